The van der Waals surface area contributed by atoms with Crippen molar-refractivity contribution >= 4 is 48.7 Å². The van der Waals surface area contributed by atoms with Gasteiger partial charge in [0.05, 0.1) is 12.1 Å². The van der Waals surface area contributed by atoms with Crippen molar-refractivity contribution in [3.63, 3.8) is 0 Å². The lowest BCUT2D eigenvalue weighted by Crippen LogP contribution is -2.30. The molecule has 0 spiro atoms. The second-order valence-corrected chi connectivity index (χ2v) is 7.11. The van der Waals surface area contributed by atoms with E-state index in [0.717, 1.165) is 25.6 Å². The fourth-order valence-electron chi connectivity index (χ4n) is 2.42. The van der Waals surface area contributed by atoms with Crippen LogP contribution >= 0.6 is 31.9 Å². The average Bonchev–Trinajstić information content (AvgIpc) is 2.98. The van der Waals surface area contributed by atoms with Crippen LogP contribution in [0, 0.1) is 0 Å². The summed E-state index contributed by atoms with van der Waals surface area (Å²) >= 11 is 6.95. The van der Waals surface area contributed by atoms with Crippen LogP contribution in [-0.4, -0.2) is 36.0 Å². The van der Waals surface area contributed by atoms with Crippen molar-refractivity contribution in [2.75, 3.05) is 20.2 Å². The number of rotatable bonds is 5. The van der Waals surface area contributed by atoms with Gasteiger partial charge in [-0.3, -0.25) is 4.79 Å². The van der Waals surface area contributed by atoms with Crippen LogP contribution in [0.25, 0.3) is 10.9 Å². The number of nitrogens with zero attached hydrogens (tertiary/aromatic N) is 1. The number of carbonyl (C=O) groups is 1. The van der Waals surface area contributed by atoms with E-state index in [1.54, 1.807) is 18.1 Å². The van der Waals surface area contributed by atoms with Gasteiger partial charge in [0.25, 0.3) is 5.91 Å². The van der Waals surface area contributed by atoms with Crippen molar-refractivity contribution in [1.82, 2.24) is 9.88 Å². The molecule has 1 heterocycles. The Bertz CT molecular complexity index is 862. The largest absolute Gasteiger partial charge is 0.492 e. The van der Waals surface area contributed by atoms with Crippen molar-refractivity contribution in [2.24, 2.45) is 0 Å². The molecule has 0 fully saturated rings. The van der Waals surface area contributed by atoms with Gasteiger partial charge in [-0.05, 0) is 56.1 Å². The molecule has 3 rings (SSSR count). The maximum atomic E-state index is 12.7. The summed E-state index contributed by atoms with van der Waals surface area (Å²) in [6.07, 6.45) is 1.75. The average molecular weight is 452 g/mol. The molecule has 0 atom stereocenters. The summed E-state index contributed by atoms with van der Waals surface area (Å²) in [5.74, 6) is 0.770. The Balaban J connectivity index is 1.68. The Hall–Kier alpha value is -1.79. The summed E-state index contributed by atoms with van der Waals surface area (Å²) < 4.78 is 7.51. The lowest BCUT2D eigenvalue weighted by Gasteiger charge is -2.17. The second-order valence-electron chi connectivity index (χ2n) is 5.40. The minimum Gasteiger partial charge on any atom is -0.492 e. The van der Waals surface area contributed by atoms with Gasteiger partial charge in [0.1, 0.15) is 12.4 Å². The molecule has 2 aromatic carbocycles. The van der Waals surface area contributed by atoms with Crippen LogP contribution in [0.3, 0.4) is 0 Å². The number of hydrogen-bond donors (Lipinski definition) is 1. The number of likely N-dealkylation sites (N-methyl/N-ethyl adjacent to an activating group) is 1. The number of amides is 1. The quantitative estimate of drug-likeness (QED) is 0.602. The SMILES string of the molecule is CN(CCOc1ccccc1)C(=O)c1c[nH]c2cc(Br)c(Br)cc12. The number of carbonyl (C=O) groups excluding carboxylic acids is 1. The van der Waals surface area contributed by atoms with Gasteiger partial charge < -0.3 is 14.6 Å². The molecule has 0 aliphatic heterocycles. The maximum absolute atomic E-state index is 12.7. The molecule has 1 amide bonds. The highest BCUT2D eigenvalue weighted by molar-refractivity contribution is 9.13. The first-order valence-electron chi connectivity index (χ1n) is 7.45. The number of halogens is 2. The van der Waals surface area contributed by atoms with Gasteiger partial charge in [-0.15, -0.1) is 0 Å². The molecule has 0 bridgehead atoms. The molecule has 1 aromatic heterocycles. The molecule has 0 saturated heterocycles. The predicted octanol–water partition coefficient (Wildman–Crippen LogP) is 4.84. The summed E-state index contributed by atoms with van der Waals surface area (Å²) in [5.41, 5.74) is 1.57. The smallest absolute Gasteiger partial charge is 0.255 e. The third-order valence-electron chi connectivity index (χ3n) is 3.74. The molecule has 1 N–H and O–H groups in total. The lowest BCUT2D eigenvalue weighted by molar-refractivity contribution is 0.0775. The monoisotopic (exact) mass is 450 g/mol. The Morgan fingerprint density at radius 2 is 1.88 bits per heavy atom. The fraction of sp³-hybridized carbons (Fsp3) is 0.167. The van der Waals surface area contributed by atoms with E-state index in [1.807, 2.05) is 42.5 Å². The summed E-state index contributed by atoms with van der Waals surface area (Å²) in [6.45, 7) is 0.960. The topological polar surface area (TPSA) is 45.3 Å². The van der Waals surface area contributed by atoms with Crippen LogP contribution in [0.15, 0.2) is 57.6 Å². The third kappa shape index (κ3) is 3.65. The Morgan fingerprint density at radius 1 is 1.17 bits per heavy atom. The zero-order valence-electron chi connectivity index (χ0n) is 13.1. The molecule has 3 aromatic rings. The van der Waals surface area contributed by atoms with Gasteiger partial charge in [0, 0.05) is 33.1 Å². The van der Waals surface area contributed by atoms with Gasteiger partial charge in [0.15, 0.2) is 0 Å². The highest BCUT2D eigenvalue weighted by Crippen LogP contribution is 2.30. The number of hydrogen-bond acceptors (Lipinski definition) is 2. The normalized spacial score (nSPS) is 10.8. The van der Waals surface area contributed by atoms with Crippen LogP contribution in [0.5, 0.6) is 5.75 Å². The van der Waals surface area contributed by atoms with E-state index < -0.39 is 0 Å². The van der Waals surface area contributed by atoms with Crippen LogP contribution in [-0.2, 0) is 0 Å². The van der Waals surface area contributed by atoms with Crippen molar-refractivity contribution < 1.29 is 9.53 Å². The third-order valence-corrected chi connectivity index (χ3v) is 5.58. The maximum Gasteiger partial charge on any atom is 0.255 e. The van der Waals surface area contributed by atoms with E-state index in [-0.39, 0.29) is 5.91 Å². The molecular formula is C18H16Br2N2O2. The first kappa shape index (κ1) is 17.0. The number of ether oxygens (including phenoxy) is 1. The van der Waals surface area contributed by atoms with E-state index in [4.69, 9.17) is 4.74 Å². The first-order chi connectivity index (χ1) is 11.6. The molecule has 4 nitrogen and oxygen atoms in total. The lowest BCUT2D eigenvalue weighted by atomic mass is 10.1. The predicted molar refractivity (Wildman–Crippen MR) is 103 cm³/mol. The molecule has 0 aliphatic rings. The van der Waals surface area contributed by atoms with Crippen LogP contribution in [0.1, 0.15) is 10.4 Å². The number of nitrogens with one attached hydrogen (secondary N) is 1. The van der Waals surface area contributed by atoms with E-state index in [1.165, 1.54) is 0 Å². The standard InChI is InChI=1S/C18H16Br2N2O2/c1-22(7-8-24-12-5-3-2-4-6-12)18(23)14-11-21-17-10-16(20)15(19)9-13(14)17/h2-6,9-11,21H,7-8H2,1H3. The highest BCUT2D eigenvalue weighted by atomic mass is 79.9. The Morgan fingerprint density at radius 3 is 2.62 bits per heavy atom. The van der Waals surface area contributed by atoms with Gasteiger partial charge in [-0.1, -0.05) is 18.2 Å². The summed E-state index contributed by atoms with van der Waals surface area (Å²) in [7, 11) is 1.78. The van der Waals surface area contributed by atoms with E-state index in [2.05, 4.69) is 36.8 Å². The molecule has 6 heteroatoms. The van der Waals surface area contributed by atoms with Crippen molar-refractivity contribution in [2.45, 2.75) is 0 Å². The number of aromatic nitrogens is 1. The van der Waals surface area contributed by atoms with Crippen LogP contribution in [0.2, 0.25) is 0 Å². The molecule has 124 valence electrons. The minimum absolute atomic E-state index is 0.0351. The van der Waals surface area contributed by atoms with Gasteiger partial charge in [-0.2, -0.15) is 0 Å². The first-order valence-corrected chi connectivity index (χ1v) is 9.04. The molecule has 0 unspecified atom stereocenters. The fourth-order valence-corrected chi connectivity index (χ4v) is 3.10. The number of benzene rings is 2. The summed E-state index contributed by atoms with van der Waals surface area (Å²) in [4.78, 5) is 17.5. The van der Waals surface area contributed by atoms with E-state index >= 15 is 0 Å². The second kappa shape index (κ2) is 7.40. The number of para-hydroxylation sites is 1. The van der Waals surface area contributed by atoms with Crippen molar-refractivity contribution in [1.29, 1.82) is 0 Å². The van der Waals surface area contributed by atoms with Crippen LogP contribution < -0.4 is 4.74 Å². The highest BCUT2D eigenvalue weighted by Gasteiger charge is 2.17. The number of H-pyrrole nitrogens is 1. The van der Waals surface area contributed by atoms with E-state index in [9.17, 15) is 4.79 Å². The zero-order valence-corrected chi connectivity index (χ0v) is 16.2. The minimum atomic E-state index is -0.0351. The van der Waals surface area contributed by atoms with Crippen molar-refractivity contribution in [3.05, 3.63) is 63.2 Å². The van der Waals surface area contributed by atoms with Crippen LogP contribution in [0.4, 0.5) is 0 Å². The molecule has 0 radical (unpaired) electrons. The molecule has 0 saturated carbocycles. The van der Waals surface area contributed by atoms with Crippen molar-refractivity contribution in [3.8, 4) is 5.75 Å². The summed E-state index contributed by atoms with van der Waals surface area (Å²) in [5, 5.41) is 0.894. The molecule has 24 heavy (non-hydrogen) atoms. The van der Waals surface area contributed by atoms with Gasteiger partial charge >= 0.3 is 0 Å². The Labute approximate surface area is 157 Å². The molecule has 0 aliphatic carbocycles. The Kier molecular flexibility index (Phi) is 5.26. The van der Waals surface area contributed by atoms with Gasteiger partial charge in [-0.25, -0.2) is 0 Å². The number of fused-ring (bicyclic) bond motifs is 1. The summed E-state index contributed by atoms with van der Waals surface area (Å²) in [6, 6.07) is 13.5. The zero-order chi connectivity index (χ0) is 17.1. The van der Waals surface area contributed by atoms with E-state index in [0.29, 0.717) is 18.7 Å². The number of aromatic amines is 1. The molecular weight excluding hydrogens is 436 g/mol. The van der Waals surface area contributed by atoms with Gasteiger partial charge in [0.2, 0.25) is 0 Å².